The summed E-state index contributed by atoms with van der Waals surface area (Å²) in [6.45, 7) is 1.64. The van der Waals surface area contributed by atoms with Crippen molar-refractivity contribution in [3.63, 3.8) is 0 Å². The van der Waals surface area contributed by atoms with E-state index >= 15 is 0 Å². The maximum absolute atomic E-state index is 12.3. The van der Waals surface area contributed by atoms with Gasteiger partial charge in [-0.2, -0.15) is 13.2 Å². The van der Waals surface area contributed by atoms with Gasteiger partial charge in [-0.05, 0) is 30.7 Å². The molecule has 1 aromatic rings. The van der Waals surface area contributed by atoms with Crippen molar-refractivity contribution in [2.24, 2.45) is 5.73 Å². The standard InChI is InChI=1S/C9H9BrF3N/c1-5(14)7-4-6(9(11,12)13)2-3-8(7)10/h2-5H,14H2,1H3. The minimum absolute atomic E-state index is 0.424. The first-order valence-corrected chi connectivity index (χ1v) is 4.74. The monoisotopic (exact) mass is 267 g/mol. The summed E-state index contributed by atoms with van der Waals surface area (Å²) in [4.78, 5) is 0. The predicted octanol–water partition coefficient (Wildman–Crippen LogP) is 3.49. The number of rotatable bonds is 1. The highest BCUT2D eigenvalue weighted by molar-refractivity contribution is 9.10. The average molecular weight is 268 g/mol. The fourth-order valence-electron chi connectivity index (χ4n) is 1.07. The molecular weight excluding hydrogens is 259 g/mol. The predicted molar refractivity (Wildman–Crippen MR) is 51.7 cm³/mol. The molecule has 0 aliphatic rings. The lowest BCUT2D eigenvalue weighted by Crippen LogP contribution is -2.10. The van der Waals surface area contributed by atoms with Crippen molar-refractivity contribution in [2.75, 3.05) is 0 Å². The van der Waals surface area contributed by atoms with Crippen LogP contribution < -0.4 is 5.73 Å². The molecule has 2 N–H and O–H groups in total. The fraction of sp³-hybridized carbons (Fsp3) is 0.333. The molecule has 0 fully saturated rings. The maximum atomic E-state index is 12.3. The molecule has 0 saturated heterocycles. The van der Waals surface area contributed by atoms with Gasteiger partial charge >= 0.3 is 6.18 Å². The Balaban J connectivity index is 3.20. The van der Waals surface area contributed by atoms with Crippen molar-refractivity contribution < 1.29 is 13.2 Å². The molecule has 1 aromatic carbocycles. The van der Waals surface area contributed by atoms with E-state index in [4.69, 9.17) is 5.73 Å². The van der Waals surface area contributed by atoms with Gasteiger partial charge in [-0.1, -0.05) is 15.9 Å². The van der Waals surface area contributed by atoms with E-state index in [9.17, 15) is 13.2 Å². The van der Waals surface area contributed by atoms with Gasteiger partial charge in [-0.15, -0.1) is 0 Å². The molecule has 0 bridgehead atoms. The summed E-state index contributed by atoms with van der Waals surface area (Å²) in [5.74, 6) is 0. The minimum Gasteiger partial charge on any atom is -0.324 e. The zero-order chi connectivity index (χ0) is 10.9. The van der Waals surface area contributed by atoms with Crippen LogP contribution in [0, 0.1) is 0 Å². The van der Waals surface area contributed by atoms with Gasteiger partial charge in [0.25, 0.3) is 0 Å². The summed E-state index contributed by atoms with van der Waals surface area (Å²) >= 11 is 3.15. The molecule has 0 aliphatic carbocycles. The third-order valence-electron chi connectivity index (χ3n) is 1.81. The second kappa shape index (κ2) is 3.90. The van der Waals surface area contributed by atoms with E-state index in [0.29, 0.717) is 10.0 Å². The van der Waals surface area contributed by atoms with E-state index in [-0.39, 0.29) is 0 Å². The Morgan fingerprint density at radius 2 is 1.93 bits per heavy atom. The number of benzene rings is 1. The van der Waals surface area contributed by atoms with Gasteiger partial charge in [-0.3, -0.25) is 0 Å². The summed E-state index contributed by atoms with van der Waals surface area (Å²) in [5, 5.41) is 0. The van der Waals surface area contributed by atoms with Crippen LogP contribution >= 0.6 is 15.9 Å². The zero-order valence-corrected chi connectivity index (χ0v) is 8.98. The molecule has 0 amide bonds. The van der Waals surface area contributed by atoms with E-state index < -0.39 is 17.8 Å². The van der Waals surface area contributed by atoms with E-state index in [0.717, 1.165) is 12.1 Å². The molecule has 0 saturated carbocycles. The molecule has 0 radical (unpaired) electrons. The van der Waals surface area contributed by atoms with Crippen molar-refractivity contribution in [1.82, 2.24) is 0 Å². The molecule has 0 spiro atoms. The molecular formula is C9H9BrF3N. The van der Waals surface area contributed by atoms with Gasteiger partial charge in [0.15, 0.2) is 0 Å². The largest absolute Gasteiger partial charge is 0.416 e. The lowest BCUT2D eigenvalue weighted by Gasteiger charge is -2.12. The Hall–Kier alpha value is -0.550. The molecule has 0 aliphatic heterocycles. The van der Waals surface area contributed by atoms with Crippen LogP contribution in [0.15, 0.2) is 22.7 Å². The normalized spacial score (nSPS) is 14.1. The van der Waals surface area contributed by atoms with Crippen molar-refractivity contribution in [3.05, 3.63) is 33.8 Å². The SMILES string of the molecule is CC(N)c1cc(C(F)(F)F)ccc1Br. The highest BCUT2D eigenvalue weighted by atomic mass is 79.9. The highest BCUT2D eigenvalue weighted by Gasteiger charge is 2.31. The third-order valence-corrected chi connectivity index (χ3v) is 2.54. The average Bonchev–Trinajstić information content (AvgIpc) is 2.02. The Kier molecular flexibility index (Phi) is 3.21. The van der Waals surface area contributed by atoms with Crippen LogP contribution in [0.2, 0.25) is 0 Å². The van der Waals surface area contributed by atoms with Crippen LogP contribution in [0.25, 0.3) is 0 Å². The molecule has 1 atom stereocenters. The van der Waals surface area contributed by atoms with Crippen molar-refractivity contribution >= 4 is 15.9 Å². The molecule has 0 heterocycles. The molecule has 1 nitrogen and oxygen atoms in total. The molecule has 1 rings (SSSR count). The smallest absolute Gasteiger partial charge is 0.324 e. The molecule has 1 unspecified atom stereocenters. The Morgan fingerprint density at radius 1 is 1.36 bits per heavy atom. The molecule has 5 heteroatoms. The lowest BCUT2D eigenvalue weighted by molar-refractivity contribution is -0.137. The molecule has 78 valence electrons. The van der Waals surface area contributed by atoms with Crippen LogP contribution in [0.5, 0.6) is 0 Å². The summed E-state index contributed by atoms with van der Waals surface area (Å²) in [6, 6.07) is 3.03. The Morgan fingerprint density at radius 3 is 2.36 bits per heavy atom. The minimum atomic E-state index is -4.32. The number of hydrogen-bond acceptors (Lipinski definition) is 1. The molecule has 0 aromatic heterocycles. The topological polar surface area (TPSA) is 26.0 Å². The quantitative estimate of drug-likeness (QED) is 0.828. The summed E-state index contributed by atoms with van der Waals surface area (Å²) in [5.41, 5.74) is 5.31. The van der Waals surface area contributed by atoms with Gasteiger partial charge in [0.05, 0.1) is 5.56 Å². The fourth-order valence-corrected chi connectivity index (χ4v) is 1.68. The second-order valence-electron chi connectivity index (χ2n) is 3.02. The van der Waals surface area contributed by atoms with E-state index in [1.54, 1.807) is 6.92 Å². The number of hydrogen-bond donors (Lipinski definition) is 1. The van der Waals surface area contributed by atoms with E-state index in [1.807, 2.05) is 0 Å². The maximum Gasteiger partial charge on any atom is 0.416 e. The number of alkyl halides is 3. The van der Waals surface area contributed by atoms with Crippen molar-refractivity contribution in [3.8, 4) is 0 Å². The van der Waals surface area contributed by atoms with Crippen molar-refractivity contribution in [1.29, 1.82) is 0 Å². The van der Waals surface area contributed by atoms with Crippen LogP contribution in [-0.4, -0.2) is 0 Å². The van der Waals surface area contributed by atoms with Gasteiger partial charge in [0.1, 0.15) is 0 Å². The van der Waals surface area contributed by atoms with E-state index in [1.165, 1.54) is 6.07 Å². The summed E-state index contributed by atoms with van der Waals surface area (Å²) < 4.78 is 37.5. The van der Waals surface area contributed by atoms with Crippen LogP contribution in [-0.2, 0) is 6.18 Å². The third kappa shape index (κ3) is 2.48. The lowest BCUT2D eigenvalue weighted by atomic mass is 10.1. The van der Waals surface area contributed by atoms with Crippen molar-refractivity contribution in [2.45, 2.75) is 19.1 Å². The highest BCUT2D eigenvalue weighted by Crippen LogP contribution is 2.33. The van der Waals surface area contributed by atoms with Gasteiger partial charge in [0, 0.05) is 10.5 Å². The van der Waals surface area contributed by atoms with Gasteiger partial charge in [0.2, 0.25) is 0 Å². The Labute approximate surface area is 88.2 Å². The molecule has 14 heavy (non-hydrogen) atoms. The first-order valence-electron chi connectivity index (χ1n) is 3.94. The number of nitrogens with two attached hydrogens (primary N) is 1. The van der Waals surface area contributed by atoms with E-state index in [2.05, 4.69) is 15.9 Å². The first kappa shape index (κ1) is 11.5. The Bertz CT molecular complexity index is 333. The summed E-state index contributed by atoms with van der Waals surface area (Å²) in [6.07, 6.45) is -4.32. The van der Waals surface area contributed by atoms with Gasteiger partial charge < -0.3 is 5.73 Å². The zero-order valence-electron chi connectivity index (χ0n) is 7.40. The summed E-state index contributed by atoms with van der Waals surface area (Å²) in [7, 11) is 0. The number of halogens is 4. The van der Waals surface area contributed by atoms with Crippen LogP contribution in [0.3, 0.4) is 0 Å². The second-order valence-corrected chi connectivity index (χ2v) is 3.88. The van der Waals surface area contributed by atoms with Gasteiger partial charge in [-0.25, -0.2) is 0 Å². The first-order chi connectivity index (χ1) is 6.32. The van der Waals surface area contributed by atoms with Crippen LogP contribution in [0.1, 0.15) is 24.1 Å². The van der Waals surface area contributed by atoms with Crippen LogP contribution in [0.4, 0.5) is 13.2 Å².